The summed E-state index contributed by atoms with van der Waals surface area (Å²) in [5.74, 6) is 2.53. The van der Waals surface area contributed by atoms with Crippen LogP contribution < -0.4 is 25.0 Å². The van der Waals surface area contributed by atoms with Gasteiger partial charge in [0.25, 0.3) is 0 Å². The van der Waals surface area contributed by atoms with Crippen LogP contribution in [0.25, 0.3) is 0 Å². The summed E-state index contributed by atoms with van der Waals surface area (Å²) in [6.45, 7) is 5.63. The molecular formula is C23H34IN5O2. The van der Waals surface area contributed by atoms with E-state index in [9.17, 15) is 0 Å². The quantitative estimate of drug-likeness (QED) is 0.304. The van der Waals surface area contributed by atoms with E-state index in [1.165, 1.54) is 5.56 Å². The predicted octanol–water partition coefficient (Wildman–Crippen LogP) is 3.48. The number of hydrogen-bond acceptors (Lipinski definition) is 5. The lowest BCUT2D eigenvalue weighted by molar-refractivity contribution is 0.393. The summed E-state index contributed by atoms with van der Waals surface area (Å²) in [6.07, 6.45) is 6.69. The van der Waals surface area contributed by atoms with E-state index >= 15 is 0 Å². The number of halogens is 1. The minimum Gasteiger partial charge on any atom is -0.497 e. The van der Waals surface area contributed by atoms with E-state index in [0.29, 0.717) is 6.04 Å². The van der Waals surface area contributed by atoms with Gasteiger partial charge in [-0.25, -0.2) is 0 Å². The van der Waals surface area contributed by atoms with Crippen molar-refractivity contribution in [2.75, 3.05) is 45.3 Å². The minimum atomic E-state index is 0. The van der Waals surface area contributed by atoms with Crippen molar-refractivity contribution in [1.82, 2.24) is 15.6 Å². The third-order valence-corrected chi connectivity index (χ3v) is 5.27. The van der Waals surface area contributed by atoms with Crippen LogP contribution in [0, 0.1) is 0 Å². The van der Waals surface area contributed by atoms with Crippen molar-refractivity contribution < 1.29 is 9.47 Å². The van der Waals surface area contributed by atoms with Crippen LogP contribution in [0.3, 0.4) is 0 Å². The summed E-state index contributed by atoms with van der Waals surface area (Å²) in [7, 11) is 3.37. The molecule has 3 rings (SSSR count). The number of ether oxygens (including phenoxy) is 2. The lowest BCUT2D eigenvalue weighted by Gasteiger charge is -2.34. The van der Waals surface area contributed by atoms with Crippen molar-refractivity contribution in [3.63, 3.8) is 0 Å². The number of aliphatic imine (C=N–C) groups is 1. The molecule has 1 saturated heterocycles. The standard InChI is InChI=1S/C23H33N5O2.HI/c1-4-25-23(26-11-7-18-6-5-10-24-17-18)27-19-8-12-28(13-9-19)20-14-21(29-2)16-22(15-20)30-3;/h5-6,10,14-17,19H,4,7-9,11-13H2,1-3H3,(H2,25,26,27);1H. The molecule has 0 atom stereocenters. The number of hydrogen-bond donors (Lipinski definition) is 2. The third kappa shape index (κ3) is 7.75. The predicted molar refractivity (Wildman–Crippen MR) is 137 cm³/mol. The maximum absolute atomic E-state index is 5.41. The summed E-state index contributed by atoms with van der Waals surface area (Å²) in [6, 6.07) is 10.5. The average Bonchev–Trinajstić information content (AvgIpc) is 2.80. The number of pyridine rings is 1. The van der Waals surface area contributed by atoms with E-state index in [4.69, 9.17) is 14.5 Å². The molecule has 0 radical (unpaired) electrons. The fraction of sp³-hybridized carbons (Fsp3) is 0.478. The van der Waals surface area contributed by atoms with Gasteiger partial charge < -0.3 is 25.0 Å². The van der Waals surface area contributed by atoms with Gasteiger partial charge >= 0.3 is 0 Å². The number of anilines is 1. The molecule has 31 heavy (non-hydrogen) atoms. The molecule has 0 bridgehead atoms. The Labute approximate surface area is 202 Å². The van der Waals surface area contributed by atoms with Gasteiger partial charge in [-0.3, -0.25) is 9.98 Å². The van der Waals surface area contributed by atoms with Crippen molar-refractivity contribution in [2.24, 2.45) is 4.99 Å². The number of guanidine groups is 1. The highest BCUT2D eigenvalue weighted by atomic mass is 127. The highest BCUT2D eigenvalue weighted by molar-refractivity contribution is 14.0. The molecular weight excluding hydrogens is 505 g/mol. The molecule has 0 spiro atoms. The van der Waals surface area contributed by atoms with Crippen molar-refractivity contribution in [3.8, 4) is 11.5 Å². The Kier molecular flexibility index (Phi) is 10.7. The summed E-state index contributed by atoms with van der Waals surface area (Å²) in [4.78, 5) is 11.3. The van der Waals surface area contributed by atoms with Gasteiger partial charge in [0, 0.05) is 68.5 Å². The molecule has 7 nitrogen and oxygen atoms in total. The molecule has 0 unspecified atom stereocenters. The normalized spacial score (nSPS) is 14.5. The molecule has 2 N–H and O–H groups in total. The minimum absolute atomic E-state index is 0. The fourth-order valence-electron chi connectivity index (χ4n) is 3.61. The van der Waals surface area contributed by atoms with Gasteiger partial charge in [0.15, 0.2) is 5.96 Å². The summed E-state index contributed by atoms with van der Waals surface area (Å²) >= 11 is 0. The Morgan fingerprint density at radius 2 is 1.87 bits per heavy atom. The number of piperidine rings is 1. The first-order valence-electron chi connectivity index (χ1n) is 10.6. The molecule has 0 aliphatic carbocycles. The Hall–Kier alpha value is -2.23. The van der Waals surface area contributed by atoms with E-state index in [1.807, 2.05) is 18.3 Å². The van der Waals surface area contributed by atoms with Crippen LogP contribution in [-0.4, -0.2) is 57.4 Å². The molecule has 1 aromatic heterocycles. The average molecular weight is 539 g/mol. The molecule has 1 aliphatic rings. The van der Waals surface area contributed by atoms with Crippen LogP contribution in [0.15, 0.2) is 47.7 Å². The van der Waals surface area contributed by atoms with Crippen LogP contribution in [0.4, 0.5) is 5.69 Å². The zero-order valence-corrected chi connectivity index (χ0v) is 21.0. The Morgan fingerprint density at radius 1 is 1.16 bits per heavy atom. The number of methoxy groups -OCH3 is 2. The van der Waals surface area contributed by atoms with Crippen LogP contribution in [0.2, 0.25) is 0 Å². The van der Waals surface area contributed by atoms with Crippen LogP contribution in [-0.2, 0) is 6.42 Å². The Bertz CT molecular complexity index is 789. The van der Waals surface area contributed by atoms with Gasteiger partial charge in [0.2, 0.25) is 0 Å². The van der Waals surface area contributed by atoms with Gasteiger partial charge in [-0.1, -0.05) is 6.07 Å². The second-order valence-electron chi connectivity index (χ2n) is 7.35. The lowest BCUT2D eigenvalue weighted by Crippen LogP contribution is -2.48. The first-order chi connectivity index (χ1) is 14.7. The summed E-state index contributed by atoms with van der Waals surface area (Å²) in [5.41, 5.74) is 2.35. The van der Waals surface area contributed by atoms with Crippen molar-refractivity contribution >= 4 is 35.6 Å². The van der Waals surface area contributed by atoms with E-state index in [-0.39, 0.29) is 24.0 Å². The first-order valence-corrected chi connectivity index (χ1v) is 10.6. The van der Waals surface area contributed by atoms with E-state index in [0.717, 1.165) is 68.6 Å². The van der Waals surface area contributed by atoms with Gasteiger partial charge in [-0.15, -0.1) is 24.0 Å². The van der Waals surface area contributed by atoms with Crippen LogP contribution in [0.1, 0.15) is 25.3 Å². The molecule has 0 saturated carbocycles. The van der Waals surface area contributed by atoms with Gasteiger partial charge in [0.1, 0.15) is 11.5 Å². The van der Waals surface area contributed by atoms with Crippen molar-refractivity contribution in [2.45, 2.75) is 32.2 Å². The summed E-state index contributed by atoms with van der Waals surface area (Å²) < 4.78 is 10.8. The number of nitrogens with one attached hydrogen (secondary N) is 2. The Balaban J connectivity index is 0.00000341. The van der Waals surface area contributed by atoms with Gasteiger partial charge in [-0.05, 0) is 37.8 Å². The third-order valence-electron chi connectivity index (χ3n) is 5.27. The second kappa shape index (κ2) is 13.2. The van der Waals surface area contributed by atoms with Crippen LogP contribution >= 0.6 is 24.0 Å². The molecule has 8 heteroatoms. The molecule has 1 aromatic carbocycles. The number of rotatable bonds is 8. The monoisotopic (exact) mass is 539 g/mol. The van der Waals surface area contributed by atoms with Gasteiger partial charge in [0.05, 0.1) is 14.2 Å². The molecule has 2 aromatic rings. The molecule has 1 fully saturated rings. The zero-order chi connectivity index (χ0) is 21.2. The highest BCUT2D eigenvalue weighted by Gasteiger charge is 2.21. The van der Waals surface area contributed by atoms with E-state index < -0.39 is 0 Å². The lowest BCUT2D eigenvalue weighted by atomic mass is 10.0. The second-order valence-corrected chi connectivity index (χ2v) is 7.35. The fourth-order valence-corrected chi connectivity index (χ4v) is 3.61. The SMILES string of the molecule is CCNC(=NCCc1cccnc1)NC1CCN(c2cc(OC)cc(OC)c2)CC1.I. The number of nitrogens with zero attached hydrogens (tertiary/aromatic N) is 3. The maximum Gasteiger partial charge on any atom is 0.191 e. The summed E-state index contributed by atoms with van der Waals surface area (Å²) in [5, 5.41) is 6.97. The smallest absolute Gasteiger partial charge is 0.191 e. The largest absolute Gasteiger partial charge is 0.497 e. The first kappa shape index (κ1) is 25.0. The molecule has 1 aliphatic heterocycles. The highest BCUT2D eigenvalue weighted by Crippen LogP contribution is 2.30. The molecule has 170 valence electrons. The topological polar surface area (TPSA) is 71.0 Å². The van der Waals surface area contributed by atoms with Crippen LogP contribution in [0.5, 0.6) is 11.5 Å². The maximum atomic E-state index is 5.41. The van der Waals surface area contributed by atoms with Crippen molar-refractivity contribution in [3.05, 3.63) is 48.3 Å². The van der Waals surface area contributed by atoms with Crippen molar-refractivity contribution in [1.29, 1.82) is 0 Å². The van der Waals surface area contributed by atoms with E-state index in [1.54, 1.807) is 20.4 Å². The number of benzene rings is 1. The molecule has 2 heterocycles. The van der Waals surface area contributed by atoms with Gasteiger partial charge in [-0.2, -0.15) is 0 Å². The Morgan fingerprint density at radius 3 is 2.45 bits per heavy atom. The van der Waals surface area contributed by atoms with E-state index in [2.05, 4.69) is 45.6 Å². The zero-order valence-electron chi connectivity index (χ0n) is 18.6. The number of aromatic nitrogens is 1. The molecule has 0 amide bonds.